The molecule has 0 spiro atoms. The van der Waals surface area contributed by atoms with E-state index in [1.165, 1.54) is 48.9 Å². The number of aromatic nitrogens is 2. The van der Waals surface area contributed by atoms with E-state index >= 15 is 0 Å². The van der Waals surface area contributed by atoms with Gasteiger partial charge < -0.3 is 16.0 Å². The van der Waals surface area contributed by atoms with Crippen molar-refractivity contribution in [3.05, 3.63) is 47.2 Å². The van der Waals surface area contributed by atoms with E-state index in [0.717, 1.165) is 31.7 Å². The molecule has 0 amide bonds. The summed E-state index contributed by atoms with van der Waals surface area (Å²) in [6.07, 6.45) is 8.38. The molecule has 1 aromatic heterocycles. The van der Waals surface area contributed by atoms with Crippen LogP contribution in [0.5, 0.6) is 0 Å². The van der Waals surface area contributed by atoms with Gasteiger partial charge in [0.1, 0.15) is 5.82 Å². The lowest BCUT2D eigenvalue weighted by molar-refractivity contribution is 0.282. The highest BCUT2D eigenvalue weighted by molar-refractivity contribution is 5.56. The molecular formula is C22H29N5. The summed E-state index contributed by atoms with van der Waals surface area (Å²) in [5, 5.41) is 3.73. The largest absolute Gasteiger partial charge is 0.368 e. The number of hydrogen-bond acceptors (Lipinski definition) is 5. The molecule has 1 aromatic carbocycles. The molecule has 2 fully saturated rings. The van der Waals surface area contributed by atoms with Crippen molar-refractivity contribution in [1.82, 2.24) is 15.3 Å². The minimum absolute atomic E-state index is 0.337. The maximum atomic E-state index is 6.23. The lowest BCUT2D eigenvalue weighted by atomic mass is 9.81. The van der Waals surface area contributed by atoms with Crippen LogP contribution in [0.3, 0.4) is 0 Å². The Morgan fingerprint density at radius 1 is 1.00 bits per heavy atom. The van der Waals surface area contributed by atoms with Crippen molar-refractivity contribution < 1.29 is 0 Å². The maximum Gasteiger partial charge on any atom is 0.222 e. The van der Waals surface area contributed by atoms with E-state index < -0.39 is 0 Å². The Bertz CT molecular complexity index is 804. The standard InChI is InChI=1S/C22H29N5/c23-22-25-20-16(15-7-2-1-3-8-15)9-4-10-17(20)21(26-22)27-14-6-11-18-19(27)12-5-13-24-18/h1-3,7-8,16,18-19,24H,4-6,9-14H2,(H2,23,25,26)/t16?,18-,19-/m0/s1. The second kappa shape index (κ2) is 7.12. The molecule has 3 N–H and O–H groups in total. The van der Waals surface area contributed by atoms with Gasteiger partial charge in [-0.3, -0.25) is 0 Å². The molecule has 5 rings (SSSR count). The SMILES string of the molecule is Nc1nc2c(c(N3CCC[C@@H]4NCCC[C@@H]43)n1)CCCC2c1ccccc1. The van der Waals surface area contributed by atoms with E-state index in [-0.39, 0.29) is 0 Å². The van der Waals surface area contributed by atoms with Crippen LogP contribution in [0.25, 0.3) is 0 Å². The Morgan fingerprint density at radius 3 is 2.78 bits per heavy atom. The second-order valence-corrected chi connectivity index (χ2v) is 8.23. The van der Waals surface area contributed by atoms with Crippen LogP contribution < -0.4 is 16.0 Å². The molecule has 5 heteroatoms. The summed E-state index contributed by atoms with van der Waals surface area (Å²) in [6.45, 7) is 2.23. The highest BCUT2D eigenvalue weighted by Gasteiger charge is 2.36. The van der Waals surface area contributed by atoms with Gasteiger partial charge in [0.25, 0.3) is 0 Å². The van der Waals surface area contributed by atoms with Crippen LogP contribution in [0.1, 0.15) is 61.3 Å². The van der Waals surface area contributed by atoms with E-state index in [2.05, 4.69) is 40.5 Å². The quantitative estimate of drug-likeness (QED) is 0.857. The average Bonchev–Trinajstić information content (AvgIpc) is 2.73. The number of nitrogens with one attached hydrogen (secondary N) is 1. The van der Waals surface area contributed by atoms with Gasteiger partial charge in [0.15, 0.2) is 0 Å². The van der Waals surface area contributed by atoms with Crippen LogP contribution in [0.15, 0.2) is 30.3 Å². The molecule has 2 saturated heterocycles. The molecule has 0 saturated carbocycles. The zero-order valence-electron chi connectivity index (χ0n) is 15.9. The Labute approximate surface area is 161 Å². The minimum Gasteiger partial charge on any atom is -0.368 e. The van der Waals surface area contributed by atoms with Crippen molar-refractivity contribution in [3.63, 3.8) is 0 Å². The van der Waals surface area contributed by atoms with Crippen molar-refractivity contribution >= 4 is 11.8 Å². The number of nitrogens with zero attached hydrogens (tertiary/aromatic N) is 3. The van der Waals surface area contributed by atoms with Gasteiger partial charge in [-0.25, -0.2) is 4.98 Å². The maximum absolute atomic E-state index is 6.23. The van der Waals surface area contributed by atoms with Crippen LogP contribution in [0.2, 0.25) is 0 Å². The molecular weight excluding hydrogens is 334 g/mol. The van der Waals surface area contributed by atoms with Gasteiger partial charge in [0.2, 0.25) is 5.95 Å². The predicted molar refractivity (Wildman–Crippen MR) is 109 cm³/mol. The summed E-state index contributed by atoms with van der Waals surface area (Å²) in [7, 11) is 0. The first-order chi connectivity index (χ1) is 13.3. The monoisotopic (exact) mass is 363 g/mol. The lowest BCUT2D eigenvalue weighted by Crippen LogP contribution is -2.57. The van der Waals surface area contributed by atoms with Crippen molar-refractivity contribution in [3.8, 4) is 0 Å². The second-order valence-electron chi connectivity index (χ2n) is 8.23. The molecule has 27 heavy (non-hydrogen) atoms. The fraction of sp³-hybridized carbons (Fsp3) is 0.545. The fourth-order valence-corrected chi connectivity index (χ4v) is 5.42. The lowest BCUT2D eigenvalue weighted by Gasteiger charge is -2.46. The number of fused-ring (bicyclic) bond motifs is 2. The Hall–Kier alpha value is -2.14. The number of nitrogens with two attached hydrogens (primary N) is 1. The summed E-state index contributed by atoms with van der Waals surface area (Å²) >= 11 is 0. The molecule has 142 valence electrons. The molecule has 0 bridgehead atoms. The number of benzene rings is 1. The van der Waals surface area contributed by atoms with Crippen LogP contribution in [-0.2, 0) is 6.42 Å². The topological polar surface area (TPSA) is 67.1 Å². The number of piperidine rings is 2. The highest BCUT2D eigenvalue weighted by Crippen LogP contribution is 2.41. The molecule has 2 aromatic rings. The van der Waals surface area contributed by atoms with Crippen LogP contribution in [0.4, 0.5) is 11.8 Å². The molecule has 0 radical (unpaired) electrons. The number of rotatable bonds is 2. The van der Waals surface area contributed by atoms with Gasteiger partial charge >= 0.3 is 0 Å². The number of nitrogen functional groups attached to an aromatic ring is 1. The van der Waals surface area contributed by atoms with E-state index in [4.69, 9.17) is 15.7 Å². The predicted octanol–water partition coefficient (Wildman–Crippen LogP) is 3.25. The number of hydrogen-bond donors (Lipinski definition) is 2. The fourth-order valence-electron chi connectivity index (χ4n) is 5.42. The Morgan fingerprint density at radius 2 is 1.89 bits per heavy atom. The first kappa shape index (κ1) is 17.0. The molecule has 5 nitrogen and oxygen atoms in total. The number of anilines is 2. The third-order valence-corrected chi connectivity index (χ3v) is 6.62. The smallest absolute Gasteiger partial charge is 0.222 e. The molecule has 1 unspecified atom stereocenters. The van der Waals surface area contributed by atoms with Crippen molar-refractivity contribution in [2.45, 2.75) is 62.9 Å². The van der Waals surface area contributed by atoms with Gasteiger partial charge in [-0.15, -0.1) is 0 Å². The molecule has 3 heterocycles. The molecule has 3 aliphatic rings. The molecule has 3 atom stereocenters. The van der Waals surface area contributed by atoms with Crippen molar-refractivity contribution in [1.29, 1.82) is 0 Å². The van der Waals surface area contributed by atoms with Gasteiger partial charge in [0, 0.05) is 30.1 Å². The van der Waals surface area contributed by atoms with Gasteiger partial charge in [0.05, 0.1) is 5.69 Å². The van der Waals surface area contributed by atoms with Crippen LogP contribution in [0, 0.1) is 0 Å². The first-order valence-corrected chi connectivity index (χ1v) is 10.5. The normalized spacial score (nSPS) is 27.7. The summed E-state index contributed by atoms with van der Waals surface area (Å²) < 4.78 is 0. The van der Waals surface area contributed by atoms with Gasteiger partial charge in [-0.2, -0.15) is 4.98 Å². The minimum atomic E-state index is 0.337. The van der Waals surface area contributed by atoms with Crippen molar-refractivity contribution in [2.24, 2.45) is 0 Å². The van der Waals surface area contributed by atoms with Crippen molar-refractivity contribution in [2.75, 3.05) is 23.7 Å². The zero-order valence-corrected chi connectivity index (χ0v) is 15.9. The van der Waals surface area contributed by atoms with Crippen LogP contribution >= 0.6 is 0 Å². The van der Waals surface area contributed by atoms with E-state index in [0.29, 0.717) is 23.9 Å². The third-order valence-electron chi connectivity index (χ3n) is 6.62. The average molecular weight is 364 g/mol. The van der Waals surface area contributed by atoms with E-state index in [9.17, 15) is 0 Å². The summed E-state index contributed by atoms with van der Waals surface area (Å²) in [4.78, 5) is 12.1. The van der Waals surface area contributed by atoms with Gasteiger partial charge in [-0.05, 0) is 57.1 Å². The highest BCUT2D eigenvalue weighted by atomic mass is 15.3. The van der Waals surface area contributed by atoms with Crippen LogP contribution in [-0.4, -0.2) is 35.1 Å². The zero-order chi connectivity index (χ0) is 18.2. The summed E-state index contributed by atoms with van der Waals surface area (Å²) in [5.74, 6) is 1.89. The van der Waals surface area contributed by atoms with Gasteiger partial charge in [-0.1, -0.05) is 30.3 Å². The molecule has 1 aliphatic carbocycles. The third kappa shape index (κ3) is 3.08. The van der Waals surface area contributed by atoms with E-state index in [1.807, 2.05) is 0 Å². The Kier molecular flexibility index (Phi) is 4.48. The molecule has 2 aliphatic heterocycles. The Balaban J connectivity index is 1.57. The summed E-state index contributed by atoms with van der Waals surface area (Å²) in [6, 6.07) is 11.9. The van der Waals surface area contributed by atoms with E-state index in [1.54, 1.807) is 0 Å². The first-order valence-electron chi connectivity index (χ1n) is 10.5. The summed E-state index contributed by atoms with van der Waals surface area (Å²) in [5.41, 5.74) is 10.1.